The third-order valence-electron chi connectivity index (χ3n) is 6.90. The molecule has 2 aliphatic heterocycles. The van der Waals surface area contributed by atoms with E-state index in [1.807, 2.05) is 24.8 Å². The first kappa shape index (κ1) is 24.2. The predicted molar refractivity (Wildman–Crippen MR) is 133 cm³/mol. The highest BCUT2D eigenvalue weighted by atomic mass is 19.1. The summed E-state index contributed by atoms with van der Waals surface area (Å²) in [7, 11) is 0. The highest BCUT2D eigenvalue weighted by Crippen LogP contribution is 2.31. The number of amides is 2. The van der Waals surface area contributed by atoms with Crippen LogP contribution < -0.4 is 0 Å². The van der Waals surface area contributed by atoms with Gasteiger partial charge in [0.2, 0.25) is 11.8 Å². The first-order valence-electron chi connectivity index (χ1n) is 12.4. The largest absolute Gasteiger partial charge is 0.436 e. The summed E-state index contributed by atoms with van der Waals surface area (Å²) >= 11 is 0. The molecule has 8 heteroatoms. The van der Waals surface area contributed by atoms with Gasteiger partial charge in [-0.25, -0.2) is 9.37 Å². The molecule has 2 unspecified atom stereocenters. The Labute approximate surface area is 209 Å². The van der Waals surface area contributed by atoms with E-state index in [-0.39, 0.29) is 35.8 Å². The van der Waals surface area contributed by atoms with Crippen LogP contribution in [0.4, 0.5) is 4.39 Å². The monoisotopic (exact) mass is 491 g/mol. The second-order valence-electron chi connectivity index (χ2n) is 9.62. The molecule has 2 saturated heterocycles. The molecule has 0 aliphatic carbocycles. The molecule has 1 aromatic heterocycles. The number of oxazole rings is 1. The predicted octanol–water partition coefficient (Wildman–Crippen LogP) is 4.64. The second-order valence-corrected chi connectivity index (χ2v) is 9.62. The van der Waals surface area contributed by atoms with E-state index >= 15 is 0 Å². The zero-order valence-corrected chi connectivity index (χ0v) is 20.5. The molecule has 3 heterocycles. The summed E-state index contributed by atoms with van der Waals surface area (Å²) in [6.07, 6.45) is 2.79. The first-order valence-corrected chi connectivity index (χ1v) is 12.4. The molecule has 2 aromatic carbocycles. The van der Waals surface area contributed by atoms with Crippen molar-refractivity contribution in [2.75, 3.05) is 26.2 Å². The molecule has 0 bridgehead atoms. The number of carbonyl (C=O) groups excluding carboxylic acids is 2. The fourth-order valence-corrected chi connectivity index (χ4v) is 5.16. The van der Waals surface area contributed by atoms with Crippen LogP contribution in [0.3, 0.4) is 0 Å². The van der Waals surface area contributed by atoms with E-state index in [2.05, 4.69) is 4.98 Å². The summed E-state index contributed by atoms with van der Waals surface area (Å²) in [5.74, 6) is 0.106. The Bertz CT molecular complexity index is 1240. The number of ether oxygens (including phenoxy) is 1. The van der Waals surface area contributed by atoms with Crippen molar-refractivity contribution < 1.29 is 23.1 Å². The number of carbonyl (C=O) groups is 2. The van der Waals surface area contributed by atoms with Gasteiger partial charge in [0.1, 0.15) is 5.82 Å². The van der Waals surface area contributed by atoms with Crippen LogP contribution in [0.25, 0.3) is 22.8 Å². The van der Waals surface area contributed by atoms with Gasteiger partial charge in [0.25, 0.3) is 5.91 Å². The van der Waals surface area contributed by atoms with Crippen LogP contribution in [-0.4, -0.2) is 65.0 Å². The van der Waals surface area contributed by atoms with E-state index in [4.69, 9.17) is 9.15 Å². The molecule has 7 nitrogen and oxygen atoms in total. The number of hydrogen-bond acceptors (Lipinski definition) is 5. The average molecular weight is 492 g/mol. The number of rotatable bonds is 4. The number of hydrogen-bond donors (Lipinski definition) is 0. The number of likely N-dealkylation sites (tertiary alicyclic amines) is 1. The molecule has 188 valence electrons. The minimum atomic E-state index is -0.400. The van der Waals surface area contributed by atoms with Gasteiger partial charge in [0.05, 0.1) is 29.5 Å². The molecule has 2 fully saturated rings. The highest BCUT2D eigenvalue weighted by molar-refractivity contribution is 6.00. The standard InChI is InChI=1S/C28H30FN3O4/c1-18-16-32(17-19(2)35-18)27(33)20-11-13-31(14-12-20)28(34)22-8-4-3-7-21(22)26-30-15-25(36-26)23-9-5-6-10-24(23)29/h3-10,15,18-20H,11-14,16-17H2,1-2H3. The summed E-state index contributed by atoms with van der Waals surface area (Å²) in [5.41, 5.74) is 1.34. The molecular weight excluding hydrogens is 461 g/mol. The van der Waals surface area contributed by atoms with Crippen LogP contribution in [0.2, 0.25) is 0 Å². The van der Waals surface area contributed by atoms with Gasteiger partial charge in [-0.1, -0.05) is 24.3 Å². The Hall–Kier alpha value is -3.52. The van der Waals surface area contributed by atoms with Crippen LogP contribution in [-0.2, 0) is 9.53 Å². The molecule has 3 aromatic rings. The van der Waals surface area contributed by atoms with Crippen LogP contribution >= 0.6 is 0 Å². The van der Waals surface area contributed by atoms with Crippen LogP contribution in [0, 0.1) is 11.7 Å². The summed E-state index contributed by atoms with van der Waals surface area (Å²) in [4.78, 5) is 34.6. The fourth-order valence-electron chi connectivity index (χ4n) is 5.16. The fraction of sp³-hybridized carbons (Fsp3) is 0.393. The van der Waals surface area contributed by atoms with Crippen LogP contribution in [0.1, 0.15) is 37.0 Å². The van der Waals surface area contributed by atoms with Gasteiger partial charge in [0, 0.05) is 37.7 Å². The van der Waals surface area contributed by atoms with Crippen molar-refractivity contribution in [3.63, 3.8) is 0 Å². The van der Waals surface area contributed by atoms with Gasteiger partial charge in [-0.3, -0.25) is 9.59 Å². The van der Waals surface area contributed by atoms with Gasteiger partial charge in [-0.05, 0) is 51.0 Å². The first-order chi connectivity index (χ1) is 17.4. The zero-order valence-electron chi connectivity index (χ0n) is 20.5. The van der Waals surface area contributed by atoms with Crippen molar-refractivity contribution >= 4 is 11.8 Å². The van der Waals surface area contributed by atoms with Crippen LogP contribution in [0.15, 0.2) is 59.1 Å². The molecule has 0 N–H and O–H groups in total. The van der Waals surface area contributed by atoms with E-state index < -0.39 is 5.82 Å². The summed E-state index contributed by atoms with van der Waals surface area (Å²) < 4.78 is 25.8. The van der Waals surface area contributed by atoms with Gasteiger partial charge < -0.3 is 19.0 Å². The van der Waals surface area contributed by atoms with Crippen molar-refractivity contribution in [2.24, 2.45) is 5.92 Å². The quantitative estimate of drug-likeness (QED) is 0.532. The lowest BCUT2D eigenvalue weighted by atomic mass is 9.94. The lowest BCUT2D eigenvalue weighted by Gasteiger charge is -2.39. The zero-order chi connectivity index (χ0) is 25.2. The third kappa shape index (κ3) is 4.91. The SMILES string of the molecule is CC1CN(C(=O)C2CCN(C(=O)c3ccccc3-c3ncc(-c4ccccc4F)o3)CC2)CC(C)O1. The van der Waals surface area contributed by atoms with Gasteiger partial charge >= 0.3 is 0 Å². The van der Waals surface area contributed by atoms with E-state index in [0.29, 0.717) is 61.5 Å². The lowest BCUT2D eigenvalue weighted by Crippen LogP contribution is -2.51. The maximum absolute atomic E-state index is 14.2. The number of halogens is 1. The second kappa shape index (κ2) is 10.2. The Balaban J connectivity index is 1.28. The molecule has 0 radical (unpaired) electrons. The Morgan fingerprint density at radius 2 is 1.56 bits per heavy atom. The number of benzene rings is 2. The molecule has 0 spiro atoms. The van der Waals surface area contributed by atoms with E-state index in [0.717, 1.165) is 0 Å². The smallest absolute Gasteiger partial charge is 0.254 e. The number of morpholine rings is 1. The van der Waals surface area contributed by atoms with Crippen molar-refractivity contribution in [1.29, 1.82) is 0 Å². The van der Waals surface area contributed by atoms with Crippen LogP contribution in [0.5, 0.6) is 0 Å². The van der Waals surface area contributed by atoms with E-state index in [9.17, 15) is 14.0 Å². The Morgan fingerprint density at radius 3 is 2.25 bits per heavy atom. The van der Waals surface area contributed by atoms with E-state index in [1.165, 1.54) is 12.3 Å². The normalized spacial score (nSPS) is 21.0. The minimum absolute atomic E-state index is 0.0324. The Kier molecular flexibility index (Phi) is 6.87. The van der Waals surface area contributed by atoms with E-state index in [1.54, 1.807) is 41.3 Å². The molecule has 2 amide bonds. The Morgan fingerprint density at radius 1 is 0.917 bits per heavy atom. The van der Waals surface area contributed by atoms with Gasteiger partial charge in [-0.15, -0.1) is 0 Å². The lowest BCUT2D eigenvalue weighted by molar-refractivity contribution is -0.148. The summed E-state index contributed by atoms with van der Waals surface area (Å²) in [6, 6.07) is 13.5. The molecule has 5 rings (SSSR count). The summed E-state index contributed by atoms with van der Waals surface area (Å²) in [6.45, 7) is 6.21. The average Bonchev–Trinajstić information content (AvgIpc) is 3.37. The topological polar surface area (TPSA) is 75.9 Å². The number of piperidine rings is 1. The third-order valence-corrected chi connectivity index (χ3v) is 6.90. The molecule has 2 aliphatic rings. The maximum atomic E-state index is 14.2. The van der Waals surface area contributed by atoms with Crippen molar-refractivity contribution in [1.82, 2.24) is 14.8 Å². The highest BCUT2D eigenvalue weighted by Gasteiger charge is 2.34. The van der Waals surface area contributed by atoms with Gasteiger partial charge in [-0.2, -0.15) is 0 Å². The number of aromatic nitrogens is 1. The van der Waals surface area contributed by atoms with Gasteiger partial charge in [0.15, 0.2) is 5.76 Å². The summed E-state index contributed by atoms with van der Waals surface area (Å²) in [5, 5.41) is 0. The molecule has 0 saturated carbocycles. The van der Waals surface area contributed by atoms with Crippen molar-refractivity contribution in [3.8, 4) is 22.8 Å². The minimum Gasteiger partial charge on any atom is -0.436 e. The molecule has 2 atom stereocenters. The maximum Gasteiger partial charge on any atom is 0.254 e. The van der Waals surface area contributed by atoms with Crippen molar-refractivity contribution in [2.45, 2.75) is 38.9 Å². The molecular formula is C28H30FN3O4. The van der Waals surface area contributed by atoms with Crippen molar-refractivity contribution in [3.05, 3.63) is 66.1 Å². The number of nitrogens with zero attached hydrogens (tertiary/aromatic N) is 3. The molecule has 36 heavy (non-hydrogen) atoms.